The molecule has 0 aliphatic rings. The second-order valence-electron chi connectivity index (χ2n) is 1.76. The predicted octanol–water partition coefficient (Wildman–Crippen LogP) is 1.57. The van der Waals surface area contributed by atoms with E-state index in [0.29, 0.717) is 6.10 Å². The van der Waals surface area contributed by atoms with Crippen molar-refractivity contribution in [3.63, 3.8) is 0 Å². The van der Waals surface area contributed by atoms with Crippen LogP contribution in [-0.4, -0.2) is 21.7 Å². The third-order valence-electron chi connectivity index (χ3n) is 0.535. The van der Waals surface area contributed by atoms with Crippen molar-refractivity contribution in [3.8, 4) is 0 Å². The van der Waals surface area contributed by atoms with Gasteiger partial charge >= 0.3 is 51.5 Å². The van der Waals surface area contributed by atoms with Crippen molar-refractivity contribution in [3.05, 3.63) is 6.57 Å². The summed E-state index contributed by atoms with van der Waals surface area (Å²) in [4.78, 5) is 0. The Bertz CT molecular complexity index is 63.3. The molecule has 0 atom stereocenters. The van der Waals surface area contributed by atoms with E-state index in [0.717, 1.165) is 0 Å². The number of hydrogen-bond acceptors (Lipinski definition) is 2. The summed E-state index contributed by atoms with van der Waals surface area (Å²) < 4.78 is 5.27. The van der Waals surface area contributed by atoms with Crippen LogP contribution in [0.1, 0.15) is 20.8 Å². The summed E-state index contributed by atoms with van der Waals surface area (Å²) in [6, 6.07) is 0. The molecule has 0 saturated carbocycles. The zero-order chi connectivity index (χ0) is 7.70. The molecule has 0 aromatic heterocycles. The summed E-state index contributed by atoms with van der Waals surface area (Å²) in [6.45, 7) is 11.0. The molecule has 0 spiro atoms. The molecule has 0 aromatic carbocycles. The molecule has 50 valence electrons. The van der Waals surface area contributed by atoms with Crippen LogP contribution < -0.4 is 0 Å². The molecule has 0 aliphatic carbocycles. The van der Waals surface area contributed by atoms with Crippen LogP contribution in [0.2, 0.25) is 5.28 Å². The van der Waals surface area contributed by atoms with E-state index in [1.54, 1.807) is 0 Å². The summed E-state index contributed by atoms with van der Waals surface area (Å²) in [5.41, 5.74) is 0. The van der Waals surface area contributed by atoms with Gasteiger partial charge < -0.3 is 11.8 Å². The van der Waals surface area contributed by atoms with Gasteiger partial charge in [0.1, 0.15) is 0 Å². The molecule has 0 heterocycles. The molecule has 3 heteroatoms. The zero-order valence-electron chi connectivity index (χ0n) is 6.22. The van der Waals surface area contributed by atoms with Crippen LogP contribution in [0.5, 0.6) is 0 Å². The summed E-state index contributed by atoms with van der Waals surface area (Å²) in [6.07, 6.45) is 0.440. The van der Waals surface area contributed by atoms with Gasteiger partial charge in [-0.25, -0.2) is 0 Å². The molecule has 0 fully saturated rings. The monoisotopic (exact) mass is 141 g/mol. The fraction of sp³-hybridized carbons (Fsp3) is 0.833. The van der Waals surface area contributed by atoms with Crippen molar-refractivity contribution in [2.45, 2.75) is 32.2 Å². The molecule has 0 aromatic rings. The molecule has 0 bridgehead atoms. The molecule has 0 aliphatic heterocycles. The van der Waals surface area contributed by atoms with Crippen LogP contribution in [0.3, 0.4) is 0 Å². The van der Waals surface area contributed by atoms with Crippen LogP contribution in [0, 0.1) is 11.8 Å². The van der Waals surface area contributed by atoms with E-state index in [9.17, 15) is 0 Å². The van der Waals surface area contributed by atoms with Gasteiger partial charge in [0.2, 0.25) is 0 Å². The zero-order valence-corrected chi connectivity index (χ0v) is 7.37. The van der Waals surface area contributed by atoms with Gasteiger partial charge in [0.05, 0.1) is 0 Å². The Hall–Kier alpha value is -0.0175. The second kappa shape index (κ2) is 10.9. The minimum atomic E-state index is 0.285. The van der Waals surface area contributed by atoms with Gasteiger partial charge in [-0.15, -0.1) is 0 Å². The number of rotatable bonds is 3. The van der Waals surface area contributed by atoms with E-state index in [-0.39, 0.29) is 15.6 Å². The molecular weight excluding hydrogens is 129 g/mol. The largest absolute Gasteiger partial charge is 0.512 e. The van der Waals surface area contributed by atoms with E-state index in [1.807, 2.05) is 0 Å². The van der Waals surface area contributed by atoms with Crippen molar-refractivity contribution in [1.29, 1.82) is 5.26 Å². The van der Waals surface area contributed by atoms with Crippen molar-refractivity contribution < 1.29 is 3.79 Å². The Morgan fingerprint density at radius 2 is 2.00 bits per heavy atom. The summed E-state index contributed by atoms with van der Waals surface area (Å²) in [5.74, 6) is 0. The fourth-order valence-corrected chi connectivity index (χ4v) is 0.866. The van der Waals surface area contributed by atoms with Crippen LogP contribution in [0.15, 0.2) is 0 Å². The SMILES string of the molecule is C[CH2][Al+][O]C(C)C.[C-]#N. The maximum absolute atomic E-state index is 6.25. The fourth-order valence-electron chi connectivity index (χ4n) is 0.289. The second-order valence-corrected chi connectivity index (χ2v) is 3.18. The van der Waals surface area contributed by atoms with E-state index in [1.165, 1.54) is 5.28 Å². The first-order valence-electron chi connectivity index (χ1n) is 2.97. The molecule has 0 amide bonds. The number of nitrogens with zero attached hydrogens (tertiary/aromatic N) is 1. The maximum Gasteiger partial charge on any atom is -0.488 e. The third-order valence-corrected chi connectivity index (χ3v) is 1.61. The van der Waals surface area contributed by atoms with Gasteiger partial charge in [-0.3, -0.25) is 0 Å². The molecule has 0 unspecified atom stereocenters. The molecule has 0 rings (SSSR count). The first kappa shape index (κ1) is 11.7. The Morgan fingerprint density at radius 3 is 2.11 bits per heavy atom. The minimum absolute atomic E-state index is 0.285. The van der Waals surface area contributed by atoms with E-state index in [4.69, 9.17) is 15.6 Å². The van der Waals surface area contributed by atoms with E-state index >= 15 is 0 Å². The first-order chi connectivity index (χ1) is 4.27. The Morgan fingerprint density at radius 1 is 1.56 bits per heavy atom. The summed E-state index contributed by atoms with van der Waals surface area (Å²) in [7, 11) is 0. The van der Waals surface area contributed by atoms with Gasteiger partial charge in [-0.2, -0.15) is 0 Å². The quantitative estimate of drug-likeness (QED) is 0.441. The number of hydrogen-bond donors (Lipinski definition) is 0. The van der Waals surface area contributed by atoms with Gasteiger partial charge in [-0.05, 0) is 0 Å². The maximum atomic E-state index is 6.25. The standard InChI is InChI=1S/C3H7O.C2H5.CN.Al/c1-3(2)4;2*1-2;/h3H,1-2H3;1H2,2H3;;/q-1;;-1;+2. The van der Waals surface area contributed by atoms with Crippen LogP contribution in [-0.2, 0) is 3.79 Å². The van der Waals surface area contributed by atoms with Crippen molar-refractivity contribution in [2.75, 3.05) is 0 Å². The Balaban J connectivity index is 0. The van der Waals surface area contributed by atoms with Gasteiger partial charge in [0.15, 0.2) is 0 Å². The molecule has 0 N–H and O–H groups in total. The molecular formula is C6H12AlNO. The summed E-state index contributed by atoms with van der Waals surface area (Å²) in [5, 5.41) is 7.46. The van der Waals surface area contributed by atoms with Gasteiger partial charge in [0, 0.05) is 0 Å². The van der Waals surface area contributed by atoms with Gasteiger partial charge in [-0.1, -0.05) is 0 Å². The van der Waals surface area contributed by atoms with E-state index in [2.05, 4.69) is 20.8 Å². The van der Waals surface area contributed by atoms with Crippen LogP contribution in [0.4, 0.5) is 0 Å². The topological polar surface area (TPSA) is 33.0 Å². The molecule has 9 heavy (non-hydrogen) atoms. The smallest absolute Gasteiger partial charge is 0.488 e. The van der Waals surface area contributed by atoms with E-state index < -0.39 is 0 Å². The first-order valence-corrected chi connectivity index (χ1v) is 4.25. The van der Waals surface area contributed by atoms with Gasteiger partial charge in [0.25, 0.3) is 0 Å². The molecule has 2 nitrogen and oxygen atoms in total. The minimum Gasteiger partial charge on any atom is -0.512 e. The van der Waals surface area contributed by atoms with Crippen molar-refractivity contribution >= 4 is 15.6 Å². The van der Waals surface area contributed by atoms with Crippen LogP contribution >= 0.6 is 0 Å². The summed E-state index contributed by atoms with van der Waals surface area (Å²) >= 11 is 0.285. The average molecular weight is 141 g/mol. The molecule has 0 radical (unpaired) electrons. The normalized spacial score (nSPS) is 7.33. The Labute approximate surface area is 63.9 Å². The molecule has 0 saturated heterocycles. The van der Waals surface area contributed by atoms with Crippen molar-refractivity contribution in [1.82, 2.24) is 0 Å². The average Bonchev–Trinajstić information content (AvgIpc) is 1.88. The Kier molecular flexibility index (Phi) is 14.2. The third kappa shape index (κ3) is 18.0. The van der Waals surface area contributed by atoms with Crippen molar-refractivity contribution in [2.24, 2.45) is 0 Å². The van der Waals surface area contributed by atoms with Crippen LogP contribution in [0.25, 0.3) is 0 Å². The predicted molar refractivity (Wildman–Crippen MR) is 37.4 cm³/mol.